The Balaban J connectivity index is 1.89. The van der Waals surface area contributed by atoms with Crippen LogP contribution < -0.4 is 0 Å². The highest BCUT2D eigenvalue weighted by molar-refractivity contribution is 7.99. The molecule has 2 heterocycles. The number of unbranched alkanes of at least 4 members (excludes halogenated alkanes) is 2. The van der Waals surface area contributed by atoms with E-state index < -0.39 is 0 Å². The first kappa shape index (κ1) is 11.4. The zero-order chi connectivity index (χ0) is 11.2. The summed E-state index contributed by atoms with van der Waals surface area (Å²) in [4.78, 5) is 0. The molecule has 0 aliphatic heterocycles. The monoisotopic (exact) mass is 237 g/mol. The van der Waals surface area contributed by atoms with Crippen molar-refractivity contribution in [2.24, 2.45) is 0 Å². The summed E-state index contributed by atoms with van der Waals surface area (Å²) >= 11 is 1.71. The van der Waals surface area contributed by atoms with Crippen LogP contribution in [0.5, 0.6) is 0 Å². The quantitative estimate of drug-likeness (QED) is 0.616. The lowest BCUT2D eigenvalue weighted by molar-refractivity contribution is 0.284. The van der Waals surface area contributed by atoms with Gasteiger partial charge >= 0.3 is 0 Å². The lowest BCUT2D eigenvalue weighted by Crippen LogP contribution is -1.89. The van der Waals surface area contributed by atoms with Crippen LogP contribution in [0.25, 0.3) is 5.65 Å². The molecule has 5 heteroatoms. The van der Waals surface area contributed by atoms with E-state index in [1.54, 1.807) is 11.8 Å². The number of hydrogen-bond acceptors (Lipinski definition) is 4. The highest BCUT2D eigenvalue weighted by Gasteiger charge is 2.03. The summed E-state index contributed by atoms with van der Waals surface area (Å²) in [6.07, 6.45) is 5.04. The van der Waals surface area contributed by atoms with E-state index in [9.17, 15) is 0 Å². The summed E-state index contributed by atoms with van der Waals surface area (Å²) in [5.41, 5.74) is 0.889. The van der Waals surface area contributed by atoms with Gasteiger partial charge in [0.25, 0.3) is 0 Å². The predicted octanol–water partition coefficient (Wildman–Crippen LogP) is 1.98. The van der Waals surface area contributed by atoms with Gasteiger partial charge < -0.3 is 5.11 Å². The molecule has 2 aromatic heterocycles. The molecule has 0 bridgehead atoms. The topological polar surface area (TPSA) is 50.4 Å². The Labute approximate surface area is 98.7 Å². The van der Waals surface area contributed by atoms with E-state index in [1.165, 1.54) is 0 Å². The first-order valence-electron chi connectivity index (χ1n) is 5.45. The fourth-order valence-electron chi connectivity index (χ4n) is 1.47. The maximum absolute atomic E-state index is 8.66. The molecule has 0 atom stereocenters. The van der Waals surface area contributed by atoms with Gasteiger partial charge in [0, 0.05) is 18.6 Å². The molecule has 2 rings (SSSR count). The molecule has 86 valence electrons. The number of thioether (sulfide) groups is 1. The summed E-state index contributed by atoms with van der Waals surface area (Å²) in [6.45, 7) is 0.290. The smallest absolute Gasteiger partial charge is 0.195 e. The molecule has 0 fully saturated rings. The molecule has 2 aromatic rings. The van der Waals surface area contributed by atoms with E-state index in [4.69, 9.17) is 5.11 Å². The Kier molecular flexibility index (Phi) is 4.18. The maximum Gasteiger partial charge on any atom is 0.195 e. The van der Waals surface area contributed by atoms with Gasteiger partial charge in [-0.25, -0.2) is 0 Å². The van der Waals surface area contributed by atoms with Crippen molar-refractivity contribution in [3.05, 3.63) is 24.4 Å². The first-order chi connectivity index (χ1) is 7.92. The van der Waals surface area contributed by atoms with Gasteiger partial charge in [-0.2, -0.15) is 0 Å². The molecular formula is C11H15N3OS. The van der Waals surface area contributed by atoms with Crippen molar-refractivity contribution < 1.29 is 5.11 Å². The summed E-state index contributed by atoms with van der Waals surface area (Å²) in [5.74, 6) is 1.02. The third-order valence-corrected chi connectivity index (χ3v) is 3.35. The van der Waals surface area contributed by atoms with Gasteiger partial charge in [-0.05, 0) is 25.0 Å². The Morgan fingerprint density at radius 2 is 2.12 bits per heavy atom. The van der Waals surface area contributed by atoms with Crippen molar-refractivity contribution >= 4 is 17.4 Å². The second-order valence-electron chi connectivity index (χ2n) is 3.54. The number of aromatic nitrogens is 3. The van der Waals surface area contributed by atoms with E-state index in [-0.39, 0.29) is 0 Å². The fraction of sp³-hybridized carbons (Fsp3) is 0.455. The van der Waals surface area contributed by atoms with Crippen LogP contribution >= 0.6 is 11.8 Å². The largest absolute Gasteiger partial charge is 0.396 e. The Bertz CT molecular complexity index is 443. The minimum atomic E-state index is 0.290. The van der Waals surface area contributed by atoms with Crippen LogP contribution in [-0.2, 0) is 0 Å². The summed E-state index contributed by atoms with van der Waals surface area (Å²) in [6, 6.07) is 5.88. The summed E-state index contributed by atoms with van der Waals surface area (Å²) in [7, 11) is 0. The lowest BCUT2D eigenvalue weighted by atomic mass is 10.3. The standard InChI is InChI=1S/C11H15N3OS/c15-8-4-1-5-9-16-11-13-12-10-6-2-3-7-14(10)11/h2-3,6-7,15H,1,4-5,8-9H2. The molecule has 4 nitrogen and oxygen atoms in total. The molecular weight excluding hydrogens is 222 g/mol. The van der Waals surface area contributed by atoms with Gasteiger partial charge in [-0.3, -0.25) is 4.40 Å². The number of fused-ring (bicyclic) bond motifs is 1. The molecule has 1 N–H and O–H groups in total. The highest BCUT2D eigenvalue weighted by Crippen LogP contribution is 2.18. The van der Waals surface area contributed by atoms with Crippen molar-refractivity contribution in [2.45, 2.75) is 24.4 Å². The first-order valence-corrected chi connectivity index (χ1v) is 6.44. The van der Waals surface area contributed by atoms with E-state index in [1.807, 2.05) is 28.8 Å². The van der Waals surface area contributed by atoms with Gasteiger partial charge in [0.1, 0.15) is 0 Å². The minimum Gasteiger partial charge on any atom is -0.396 e. The SMILES string of the molecule is OCCCCCSc1nnc2ccccn12. The molecule has 0 aliphatic carbocycles. The average molecular weight is 237 g/mol. The van der Waals surface area contributed by atoms with Crippen LogP contribution in [0.15, 0.2) is 29.6 Å². The molecule has 0 spiro atoms. The maximum atomic E-state index is 8.66. The van der Waals surface area contributed by atoms with Crippen LogP contribution in [0.1, 0.15) is 19.3 Å². The molecule has 16 heavy (non-hydrogen) atoms. The van der Waals surface area contributed by atoms with Crippen LogP contribution in [0.4, 0.5) is 0 Å². The minimum absolute atomic E-state index is 0.290. The Morgan fingerprint density at radius 3 is 3.00 bits per heavy atom. The number of aliphatic hydroxyl groups is 1. The van der Waals surface area contributed by atoms with Crippen molar-refractivity contribution in [1.82, 2.24) is 14.6 Å². The van der Waals surface area contributed by atoms with E-state index in [0.717, 1.165) is 35.8 Å². The zero-order valence-corrected chi connectivity index (χ0v) is 9.86. The van der Waals surface area contributed by atoms with Crippen LogP contribution in [0.2, 0.25) is 0 Å². The normalized spacial score (nSPS) is 11.1. The van der Waals surface area contributed by atoms with Gasteiger partial charge in [-0.1, -0.05) is 24.2 Å². The van der Waals surface area contributed by atoms with Gasteiger partial charge in [0.15, 0.2) is 10.8 Å². The Hall–Kier alpha value is -1.07. The van der Waals surface area contributed by atoms with Crippen molar-refractivity contribution in [3.8, 4) is 0 Å². The van der Waals surface area contributed by atoms with Crippen LogP contribution in [0, 0.1) is 0 Å². The second kappa shape index (κ2) is 5.86. The fourth-order valence-corrected chi connectivity index (χ4v) is 2.40. The Morgan fingerprint density at radius 1 is 1.19 bits per heavy atom. The van der Waals surface area contributed by atoms with E-state index in [2.05, 4.69) is 10.2 Å². The van der Waals surface area contributed by atoms with E-state index >= 15 is 0 Å². The highest BCUT2D eigenvalue weighted by atomic mass is 32.2. The molecule has 0 saturated carbocycles. The van der Waals surface area contributed by atoms with Crippen molar-refractivity contribution in [3.63, 3.8) is 0 Å². The van der Waals surface area contributed by atoms with Crippen LogP contribution in [-0.4, -0.2) is 32.1 Å². The van der Waals surface area contributed by atoms with Crippen molar-refractivity contribution in [1.29, 1.82) is 0 Å². The third-order valence-electron chi connectivity index (χ3n) is 2.32. The average Bonchev–Trinajstić information content (AvgIpc) is 2.73. The molecule has 0 saturated heterocycles. The van der Waals surface area contributed by atoms with Gasteiger partial charge in [0.2, 0.25) is 0 Å². The number of rotatable bonds is 6. The van der Waals surface area contributed by atoms with Gasteiger partial charge in [-0.15, -0.1) is 10.2 Å². The third kappa shape index (κ3) is 2.74. The molecule has 0 unspecified atom stereocenters. The summed E-state index contributed by atoms with van der Waals surface area (Å²) < 4.78 is 2.00. The second-order valence-corrected chi connectivity index (χ2v) is 4.61. The number of aliphatic hydroxyl groups excluding tert-OH is 1. The predicted molar refractivity (Wildman–Crippen MR) is 64.6 cm³/mol. The molecule has 0 aromatic carbocycles. The molecule has 0 amide bonds. The number of nitrogens with zero attached hydrogens (tertiary/aromatic N) is 3. The van der Waals surface area contributed by atoms with Crippen LogP contribution in [0.3, 0.4) is 0 Å². The molecule has 0 radical (unpaired) electrons. The lowest BCUT2D eigenvalue weighted by Gasteiger charge is -1.99. The number of pyridine rings is 1. The number of hydrogen-bond donors (Lipinski definition) is 1. The van der Waals surface area contributed by atoms with E-state index in [0.29, 0.717) is 6.61 Å². The molecule has 0 aliphatic rings. The zero-order valence-electron chi connectivity index (χ0n) is 9.04. The van der Waals surface area contributed by atoms with Crippen molar-refractivity contribution in [2.75, 3.05) is 12.4 Å². The van der Waals surface area contributed by atoms with Gasteiger partial charge in [0.05, 0.1) is 0 Å². The summed E-state index contributed by atoms with van der Waals surface area (Å²) in [5, 5.41) is 17.8.